The lowest BCUT2D eigenvalue weighted by Crippen LogP contribution is -2.35. The van der Waals surface area contributed by atoms with Crippen molar-refractivity contribution in [1.29, 1.82) is 0 Å². The van der Waals surface area contributed by atoms with Crippen LogP contribution in [0.25, 0.3) is 11.9 Å². The number of alkyl halides is 6. The van der Waals surface area contributed by atoms with Gasteiger partial charge in [-0.05, 0) is 48.6 Å². The molecule has 0 aromatic heterocycles. The fourth-order valence-corrected chi connectivity index (χ4v) is 4.69. The second-order valence-corrected chi connectivity index (χ2v) is 10.1. The molecule has 0 aliphatic carbocycles. The summed E-state index contributed by atoms with van der Waals surface area (Å²) in [6.07, 6.45) is -8.74. The maximum atomic E-state index is 15.0. The molecule has 2 rings (SSSR count). The van der Waals surface area contributed by atoms with Crippen molar-refractivity contribution in [3.8, 4) is 0 Å². The highest BCUT2D eigenvalue weighted by Gasteiger charge is 2.41. The third-order valence-corrected chi connectivity index (χ3v) is 6.89. The van der Waals surface area contributed by atoms with Crippen molar-refractivity contribution in [3.63, 3.8) is 0 Å². The zero-order valence-corrected chi connectivity index (χ0v) is 21.9. The van der Waals surface area contributed by atoms with Crippen molar-refractivity contribution in [1.82, 2.24) is 5.32 Å². The Kier molecular flexibility index (Phi) is 10.6. The van der Waals surface area contributed by atoms with Gasteiger partial charge < -0.3 is 5.32 Å². The molecule has 2 nitrogen and oxygen atoms in total. The van der Waals surface area contributed by atoms with E-state index in [1.165, 1.54) is 17.8 Å². The van der Waals surface area contributed by atoms with Crippen LogP contribution in [0.1, 0.15) is 52.4 Å². The van der Waals surface area contributed by atoms with Crippen molar-refractivity contribution in [2.24, 2.45) is 0 Å². The summed E-state index contributed by atoms with van der Waals surface area (Å²) >= 11 is 13.4. The van der Waals surface area contributed by atoms with Crippen LogP contribution in [-0.4, -0.2) is 29.6 Å². The van der Waals surface area contributed by atoms with Gasteiger partial charge in [-0.15, -0.1) is 0 Å². The maximum Gasteiger partial charge on any atom is 0.417 e. The Balaban J connectivity index is 2.53. The lowest BCUT2D eigenvalue weighted by molar-refractivity contribution is -0.140. The SMILES string of the molecule is C=Cc1c(Cl)cc(C(/C=C(\F)c2ccc(C(=O)N[C@H](C)CSCC)c(C(F)(F)F)c2)C(F)(F)F)cc1Cl. The molecule has 0 saturated heterocycles. The minimum Gasteiger partial charge on any atom is -0.349 e. The third-order valence-electron chi connectivity index (χ3n) is 5.13. The number of hydrogen-bond acceptors (Lipinski definition) is 2. The Labute approximate surface area is 223 Å². The Morgan fingerprint density at radius 2 is 1.70 bits per heavy atom. The molecule has 2 atom stereocenters. The van der Waals surface area contributed by atoms with E-state index >= 15 is 4.39 Å². The molecule has 12 heteroatoms. The van der Waals surface area contributed by atoms with E-state index in [2.05, 4.69) is 11.9 Å². The van der Waals surface area contributed by atoms with Crippen molar-refractivity contribution in [3.05, 3.63) is 80.8 Å². The van der Waals surface area contributed by atoms with Crippen molar-refractivity contribution >= 4 is 52.8 Å². The smallest absolute Gasteiger partial charge is 0.349 e. The Hall–Kier alpha value is -2.17. The molecule has 0 radical (unpaired) electrons. The molecule has 37 heavy (non-hydrogen) atoms. The first-order chi connectivity index (χ1) is 17.1. The first-order valence-corrected chi connectivity index (χ1v) is 12.7. The molecule has 2 aromatic rings. The van der Waals surface area contributed by atoms with Gasteiger partial charge in [0.2, 0.25) is 0 Å². The van der Waals surface area contributed by atoms with Crippen LogP contribution in [0.5, 0.6) is 0 Å². The van der Waals surface area contributed by atoms with Gasteiger partial charge in [0, 0.05) is 33.0 Å². The number of rotatable bonds is 9. The number of carbonyl (C=O) groups is 1. The number of amides is 1. The van der Waals surface area contributed by atoms with E-state index in [1.807, 2.05) is 6.92 Å². The molecule has 0 bridgehead atoms. The Morgan fingerprint density at radius 3 is 2.19 bits per heavy atom. The fourth-order valence-electron chi connectivity index (χ4n) is 3.36. The predicted octanol–water partition coefficient (Wildman–Crippen LogP) is 9.18. The lowest BCUT2D eigenvalue weighted by atomic mass is 9.94. The summed E-state index contributed by atoms with van der Waals surface area (Å²) in [5.74, 6) is -3.99. The first kappa shape index (κ1) is 31.1. The minimum atomic E-state index is -5.07. The minimum absolute atomic E-state index is 0.134. The van der Waals surface area contributed by atoms with Crippen LogP contribution in [0.4, 0.5) is 30.7 Å². The maximum absolute atomic E-state index is 15.0. The molecule has 0 spiro atoms. The van der Waals surface area contributed by atoms with Gasteiger partial charge in [-0.1, -0.05) is 48.8 Å². The van der Waals surface area contributed by atoms with E-state index in [0.29, 0.717) is 11.8 Å². The quantitative estimate of drug-likeness (QED) is 0.296. The molecular weight excluding hydrogens is 566 g/mol. The molecule has 0 heterocycles. The second kappa shape index (κ2) is 12.6. The molecule has 1 N–H and O–H groups in total. The van der Waals surface area contributed by atoms with E-state index in [-0.39, 0.29) is 21.7 Å². The highest BCUT2D eigenvalue weighted by atomic mass is 35.5. The van der Waals surface area contributed by atoms with Gasteiger partial charge in [-0.25, -0.2) is 4.39 Å². The van der Waals surface area contributed by atoms with E-state index in [1.54, 1.807) is 6.92 Å². The molecule has 0 aliphatic heterocycles. The zero-order chi connectivity index (χ0) is 28.1. The van der Waals surface area contributed by atoms with E-state index in [4.69, 9.17) is 23.2 Å². The normalized spacial score (nSPS) is 14.3. The Bertz CT molecular complexity index is 1160. The summed E-state index contributed by atoms with van der Waals surface area (Å²) < 4.78 is 97.7. The molecule has 2 aromatic carbocycles. The molecule has 0 saturated carbocycles. The van der Waals surface area contributed by atoms with Gasteiger partial charge in [0.05, 0.1) is 11.1 Å². The molecule has 0 fully saturated rings. The van der Waals surface area contributed by atoms with Crippen molar-refractivity contribution < 1.29 is 35.5 Å². The van der Waals surface area contributed by atoms with Crippen molar-refractivity contribution in [2.45, 2.75) is 38.2 Å². The van der Waals surface area contributed by atoms with Gasteiger partial charge in [0.25, 0.3) is 5.91 Å². The van der Waals surface area contributed by atoms with Crippen LogP contribution in [0.15, 0.2) is 43.0 Å². The topological polar surface area (TPSA) is 29.1 Å². The fraction of sp³-hybridized carbons (Fsp3) is 0.320. The highest BCUT2D eigenvalue weighted by molar-refractivity contribution is 7.99. The van der Waals surface area contributed by atoms with Crippen LogP contribution >= 0.6 is 35.0 Å². The summed E-state index contributed by atoms with van der Waals surface area (Å²) in [6, 6.07) is 3.26. The van der Waals surface area contributed by atoms with Gasteiger partial charge in [-0.2, -0.15) is 38.1 Å². The van der Waals surface area contributed by atoms with Gasteiger partial charge in [-0.3, -0.25) is 4.79 Å². The molecule has 1 amide bonds. The zero-order valence-electron chi connectivity index (χ0n) is 19.5. The van der Waals surface area contributed by atoms with Crippen LogP contribution in [0.3, 0.4) is 0 Å². The summed E-state index contributed by atoms with van der Waals surface area (Å²) in [7, 11) is 0. The summed E-state index contributed by atoms with van der Waals surface area (Å²) in [4.78, 5) is 12.5. The molecule has 1 unspecified atom stereocenters. The van der Waals surface area contributed by atoms with Crippen LogP contribution < -0.4 is 5.32 Å². The van der Waals surface area contributed by atoms with E-state index < -0.39 is 58.3 Å². The van der Waals surface area contributed by atoms with Crippen LogP contribution in [0, 0.1) is 0 Å². The number of nitrogens with one attached hydrogen (secondary N) is 1. The molecule has 202 valence electrons. The number of hydrogen-bond donors (Lipinski definition) is 1. The average molecular weight is 588 g/mol. The number of halogens is 9. The lowest BCUT2D eigenvalue weighted by Gasteiger charge is -2.20. The first-order valence-electron chi connectivity index (χ1n) is 10.8. The predicted molar refractivity (Wildman–Crippen MR) is 136 cm³/mol. The average Bonchev–Trinajstić information content (AvgIpc) is 2.79. The van der Waals surface area contributed by atoms with E-state index in [9.17, 15) is 31.1 Å². The number of benzene rings is 2. The van der Waals surface area contributed by atoms with Gasteiger partial charge in [0.1, 0.15) is 11.7 Å². The highest BCUT2D eigenvalue weighted by Crippen LogP contribution is 2.42. The summed E-state index contributed by atoms with van der Waals surface area (Å²) in [6.45, 7) is 6.95. The summed E-state index contributed by atoms with van der Waals surface area (Å²) in [5, 5.41) is 2.11. The van der Waals surface area contributed by atoms with E-state index in [0.717, 1.165) is 30.0 Å². The third kappa shape index (κ3) is 8.15. The molecular formula is C25H22Cl2F7NOS. The number of allylic oxidation sites excluding steroid dienone is 1. The number of thioether (sulfide) groups is 1. The summed E-state index contributed by atoms with van der Waals surface area (Å²) in [5.41, 5.74) is -3.39. The van der Waals surface area contributed by atoms with Crippen LogP contribution in [0.2, 0.25) is 10.0 Å². The van der Waals surface area contributed by atoms with Gasteiger partial charge >= 0.3 is 12.4 Å². The van der Waals surface area contributed by atoms with Crippen LogP contribution in [-0.2, 0) is 6.18 Å². The van der Waals surface area contributed by atoms with Crippen molar-refractivity contribution in [2.75, 3.05) is 11.5 Å². The standard InChI is InChI=1S/C25H22Cl2F7NOS/c1-4-16-20(26)9-15(10-21(16)27)18(24(29,30)31)11-22(28)14-6-7-17(19(8-14)25(32,33)34)23(36)35-13(3)12-37-5-2/h4,6-11,13,18H,1,5,12H2,2-3H3,(H,35,36)/b22-11-/t13-,18?/m1/s1. The second-order valence-electron chi connectivity index (χ2n) is 7.93. The van der Waals surface area contributed by atoms with Gasteiger partial charge in [0.15, 0.2) is 0 Å². The largest absolute Gasteiger partial charge is 0.417 e. The monoisotopic (exact) mass is 587 g/mol. The molecule has 0 aliphatic rings. The Morgan fingerprint density at radius 1 is 1.11 bits per heavy atom. The number of carbonyl (C=O) groups excluding carboxylic acids is 1.